The van der Waals surface area contributed by atoms with Crippen molar-refractivity contribution >= 4 is 29.3 Å². The molecule has 2 aromatic heterocycles. The molecule has 0 saturated heterocycles. The summed E-state index contributed by atoms with van der Waals surface area (Å²) in [4.78, 5) is 24.8. The molecule has 3 rings (SSSR count). The van der Waals surface area contributed by atoms with E-state index in [1.54, 1.807) is 22.1 Å². The predicted molar refractivity (Wildman–Crippen MR) is 115 cm³/mol. The Labute approximate surface area is 173 Å². The molecule has 0 bridgehead atoms. The summed E-state index contributed by atoms with van der Waals surface area (Å²) in [6, 6.07) is 13.7. The minimum absolute atomic E-state index is 0.0499. The molecule has 0 aliphatic rings. The molecule has 1 N–H and O–H groups in total. The van der Waals surface area contributed by atoms with Crippen molar-refractivity contribution in [2.24, 2.45) is 0 Å². The lowest BCUT2D eigenvalue weighted by Crippen LogP contribution is -2.35. The number of thiophene rings is 1. The van der Waals surface area contributed by atoms with Crippen LogP contribution in [0.25, 0.3) is 22.3 Å². The van der Waals surface area contributed by atoms with Crippen LogP contribution in [-0.2, 0) is 14.3 Å². The van der Waals surface area contributed by atoms with Gasteiger partial charge in [-0.05, 0) is 43.0 Å². The largest absolute Gasteiger partial charge is 0.452 e. The number of hydrogen-bond donors (Lipinski definition) is 1. The van der Waals surface area contributed by atoms with Gasteiger partial charge < -0.3 is 10.1 Å². The Balaban J connectivity index is 1.73. The van der Waals surface area contributed by atoms with Crippen molar-refractivity contribution in [1.29, 1.82) is 0 Å². The molecule has 7 heteroatoms. The highest BCUT2D eigenvalue weighted by Gasteiger charge is 2.12. The van der Waals surface area contributed by atoms with Crippen molar-refractivity contribution in [3.8, 4) is 16.3 Å². The number of carbonyl (C=O) groups excluding carboxylic acids is 2. The fourth-order valence-corrected chi connectivity index (χ4v) is 3.32. The Morgan fingerprint density at radius 3 is 2.72 bits per heavy atom. The highest BCUT2D eigenvalue weighted by molar-refractivity contribution is 7.13. The molecule has 3 aromatic rings. The number of nitrogens with one attached hydrogen (secondary N) is 1. The molecule has 0 aliphatic heterocycles. The van der Waals surface area contributed by atoms with Crippen LogP contribution in [0.2, 0.25) is 0 Å². The summed E-state index contributed by atoms with van der Waals surface area (Å²) in [5.74, 6) is -0.883. The minimum Gasteiger partial charge on any atom is -0.452 e. The molecule has 1 aromatic carbocycles. The highest BCUT2D eigenvalue weighted by atomic mass is 32.1. The van der Waals surface area contributed by atoms with Crippen molar-refractivity contribution in [3.63, 3.8) is 0 Å². The van der Waals surface area contributed by atoms with E-state index in [2.05, 4.69) is 10.4 Å². The Bertz CT molecular complexity index is 978. The highest BCUT2D eigenvalue weighted by Crippen LogP contribution is 2.28. The fourth-order valence-electron chi connectivity index (χ4n) is 2.59. The van der Waals surface area contributed by atoms with Crippen LogP contribution in [-0.4, -0.2) is 34.3 Å². The zero-order valence-electron chi connectivity index (χ0n) is 16.4. The third kappa shape index (κ3) is 5.65. The number of ether oxygens (including phenoxy) is 1. The number of carbonyl (C=O) groups is 2. The molecule has 0 aliphatic carbocycles. The smallest absolute Gasteiger partial charge is 0.331 e. The van der Waals surface area contributed by atoms with Gasteiger partial charge in [0.25, 0.3) is 5.91 Å². The van der Waals surface area contributed by atoms with Gasteiger partial charge in [0.1, 0.15) is 5.69 Å². The van der Waals surface area contributed by atoms with Gasteiger partial charge >= 0.3 is 5.97 Å². The van der Waals surface area contributed by atoms with E-state index in [4.69, 9.17) is 4.74 Å². The summed E-state index contributed by atoms with van der Waals surface area (Å²) in [5.41, 5.74) is 2.49. The van der Waals surface area contributed by atoms with Crippen molar-refractivity contribution in [3.05, 3.63) is 65.7 Å². The summed E-state index contributed by atoms with van der Waals surface area (Å²) < 4.78 is 6.81. The van der Waals surface area contributed by atoms with Crippen LogP contribution in [0.5, 0.6) is 0 Å². The zero-order valence-corrected chi connectivity index (χ0v) is 17.2. The molecule has 0 radical (unpaired) electrons. The van der Waals surface area contributed by atoms with Crippen LogP contribution >= 0.6 is 11.3 Å². The van der Waals surface area contributed by atoms with Crippen molar-refractivity contribution < 1.29 is 14.3 Å². The zero-order chi connectivity index (χ0) is 20.6. The third-order valence-corrected chi connectivity index (χ3v) is 5.16. The molecule has 1 atom stereocenters. The van der Waals surface area contributed by atoms with Crippen LogP contribution in [0.1, 0.15) is 25.8 Å². The number of nitrogens with zero attached hydrogens (tertiary/aromatic N) is 2. The Morgan fingerprint density at radius 2 is 2.03 bits per heavy atom. The quantitative estimate of drug-likeness (QED) is 0.450. The second-order valence-corrected chi connectivity index (χ2v) is 7.46. The molecule has 0 saturated carbocycles. The van der Waals surface area contributed by atoms with E-state index in [-0.39, 0.29) is 18.6 Å². The molecule has 29 heavy (non-hydrogen) atoms. The summed E-state index contributed by atoms with van der Waals surface area (Å²) in [7, 11) is 0. The number of amides is 1. The van der Waals surface area contributed by atoms with Crippen LogP contribution in [0, 0.1) is 0 Å². The summed E-state index contributed by atoms with van der Waals surface area (Å²) in [6.45, 7) is 3.57. The number of esters is 1. The van der Waals surface area contributed by atoms with Crippen LogP contribution in [0.4, 0.5) is 0 Å². The van der Waals surface area contributed by atoms with Gasteiger partial charge in [-0.3, -0.25) is 4.79 Å². The predicted octanol–water partition coefficient (Wildman–Crippen LogP) is 4.07. The Morgan fingerprint density at radius 1 is 1.24 bits per heavy atom. The SMILES string of the molecule is CCC(C)NC(=O)COC(=O)/C=C/c1cn(-c2ccccc2)nc1-c1cccs1. The van der Waals surface area contributed by atoms with Crippen LogP contribution in [0.3, 0.4) is 0 Å². The van der Waals surface area contributed by atoms with Crippen molar-refractivity contribution in [2.45, 2.75) is 26.3 Å². The molecule has 1 amide bonds. The maximum Gasteiger partial charge on any atom is 0.331 e. The minimum atomic E-state index is -0.575. The van der Waals surface area contributed by atoms with E-state index in [9.17, 15) is 9.59 Å². The first kappa shape index (κ1) is 20.5. The number of rotatable bonds is 8. The number of hydrogen-bond acceptors (Lipinski definition) is 5. The van der Waals surface area contributed by atoms with Gasteiger partial charge in [0.05, 0.1) is 10.6 Å². The normalized spacial score (nSPS) is 12.1. The molecule has 0 spiro atoms. The lowest BCUT2D eigenvalue weighted by molar-refractivity contribution is -0.144. The summed E-state index contributed by atoms with van der Waals surface area (Å²) in [5, 5.41) is 9.41. The summed E-state index contributed by atoms with van der Waals surface area (Å²) in [6.07, 6.45) is 5.66. The first-order valence-corrected chi connectivity index (χ1v) is 10.3. The van der Waals surface area contributed by atoms with Crippen LogP contribution in [0.15, 0.2) is 60.1 Å². The van der Waals surface area contributed by atoms with Gasteiger partial charge in [0, 0.05) is 23.9 Å². The van der Waals surface area contributed by atoms with Crippen molar-refractivity contribution in [2.75, 3.05) is 6.61 Å². The van der Waals surface area contributed by atoms with Gasteiger partial charge in [0.2, 0.25) is 0 Å². The van der Waals surface area contributed by atoms with Gasteiger partial charge in [0.15, 0.2) is 6.61 Å². The Hall–Kier alpha value is -3.19. The van der Waals surface area contributed by atoms with E-state index in [1.807, 2.05) is 67.9 Å². The lowest BCUT2D eigenvalue weighted by atomic mass is 10.2. The number of benzene rings is 1. The maximum absolute atomic E-state index is 12.0. The first-order chi connectivity index (χ1) is 14.1. The topological polar surface area (TPSA) is 73.2 Å². The second kappa shape index (κ2) is 9.84. The fraction of sp³-hybridized carbons (Fsp3) is 0.227. The average Bonchev–Trinajstić information content (AvgIpc) is 3.41. The molecule has 6 nitrogen and oxygen atoms in total. The molecular weight excluding hydrogens is 386 g/mol. The van der Waals surface area contributed by atoms with E-state index >= 15 is 0 Å². The van der Waals surface area contributed by atoms with Gasteiger partial charge in [-0.25, -0.2) is 9.48 Å². The van der Waals surface area contributed by atoms with Crippen LogP contribution < -0.4 is 5.32 Å². The van der Waals surface area contributed by atoms with E-state index in [1.165, 1.54) is 6.08 Å². The average molecular weight is 410 g/mol. The number of para-hydroxylation sites is 1. The maximum atomic E-state index is 12.0. The first-order valence-electron chi connectivity index (χ1n) is 9.40. The molecular formula is C22H23N3O3S. The number of aromatic nitrogens is 2. The third-order valence-electron chi connectivity index (χ3n) is 4.28. The second-order valence-electron chi connectivity index (χ2n) is 6.51. The molecule has 2 heterocycles. The van der Waals surface area contributed by atoms with Gasteiger partial charge in [-0.1, -0.05) is 31.2 Å². The van der Waals surface area contributed by atoms with E-state index in [0.29, 0.717) is 0 Å². The van der Waals surface area contributed by atoms with Gasteiger partial charge in [-0.15, -0.1) is 11.3 Å². The van der Waals surface area contributed by atoms with E-state index in [0.717, 1.165) is 28.2 Å². The van der Waals surface area contributed by atoms with Gasteiger partial charge in [-0.2, -0.15) is 5.10 Å². The standard InChI is InChI=1S/C22H23N3O3S/c1-3-16(2)23-20(26)15-28-21(27)12-11-17-14-25(18-8-5-4-6-9-18)24-22(17)19-10-7-13-29-19/h4-14,16H,3,15H2,1-2H3,(H,23,26)/b12-11+. The van der Waals surface area contributed by atoms with E-state index < -0.39 is 5.97 Å². The molecule has 1 unspecified atom stereocenters. The molecule has 150 valence electrons. The molecule has 0 fully saturated rings. The Kier molecular flexibility index (Phi) is 6.97. The monoisotopic (exact) mass is 409 g/mol. The van der Waals surface area contributed by atoms with Crippen molar-refractivity contribution in [1.82, 2.24) is 15.1 Å². The summed E-state index contributed by atoms with van der Waals surface area (Å²) >= 11 is 1.58. The lowest BCUT2D eigenvalue weighted by Gasteiger charge is -2.10.